The SMILES string of the molecule is N#Cc1ccc2c3cc4c5cccc6cccc(c(=O)c4c4c7ccc(C#N)cc7n(c2c1)c34)c65. The maximum absolute atomic E-state index is 14.1. The zero-order valence-electron chi connectivity index (χ0n) is 18.3. The Kier molecular flexibility index (Phi) is 3.14. The van der Waals surface area contributed by atoms with Gasteiger partial charge in [0.15, 0.2) is 5.43 Å². The van der Waals surface area contributed by atoms with Gasteiger partial charge in [-0.3, -0.25) is 4.79 Å². The third kappa shape index (κ3) is 2.04. The number of aromatic nitrogens is 1. The Morgan fingerprint density at radius 2 is 1.23 bits per heavy atom. The molecule has 0 unspecified atom stereocenters. The number of nitriles is 2. The Balaban J connectivity index is 1.80. The van der Waals surface area contributed by atoms with Gasteiger partial charge in [0.25, 0.3) is 0 Å². The first-order chi connectivity index (χ1) is 17.2. The van der Waals surface area contributed by atoms with E-state index in [1.165, 1.54) is 0 Å². The molecule has 0 aliphatic rings. The summed E-state index contributed by atoms with van der Waals surface area (Å²) in [4.78, 5) is 14.1. The van der Waals surface area contributed by atoms with Crippen LogP contribution in [0.4, 0.5) is 0 Å². The summed E-state index contributed by atoms with van der Waals surface area (Å²) in [5.41, 5.74) is 3.87. The molecule has 0 fully saturated rings. The molecule has 0 saturated heterocycles. The summed E-state index contributed by atoms with van der Waals surface area (Å²) < 4.78 is 2.12. The maximum atomic E-state index is 14.1. The number of rotatable bonds is 0. The average molecular weight is 443 g/mol. The molecule has 4 nitrogen and oxygen atoms in total. The molecule has 0 saturated carbocycles. The van der Waals surface area contributed by atoms with E-state index in [2.05, 4.69) is 28.7 Å². The van der Waals surface area contributed by atoms with Crippen LogP contribution in [-0.2, 0) is 0 Å². The van der Waals surface area contributed by atoms with Gasteiger partial charge in [0.1, 0.15) is 0 Å². The highest BCUT2D eigenvalue weighted by Gasteiger charge is 2.23. The summed E-state index contributed by atoms with van der Waals surface area (Å²) in [6, 6.07) is 30.1. The number of nitrogens with zero attached hydrogens (tertiary/aromatic N) is 3. The molecule has 8 aromatic rings. The normalized spacial score (nSPS) is 12.1. The van der Waals surface area contributed by atoms with Crippen molar-refractivity contribution in [3.05, 3.63) is 100 Å². The van der Waals surface area contributed by atoms with Crippen LogP contribution in [0.2, 0.25) is 0 Å². The number of benzene rings is 6. The van der Waals surface area contributed by atoms with E-state index >= 15 is 0 Å². The first kappa shape index (κ1) is 18.3. The van der Waals surface area contributed by atoms with Crippen LogP contribution in [0.3, 0.4) is 0 Å². The fraction of sp³-hybridized carbons (Fsp3) is 0. The lowest BCUT2D eigenvalue weighted by Crippen LogP contribution is -2.03. The summed E-state index contributed by atoms with van der Waals surface area (Å²) >= 11 is 0. The molecular weight excluding hydrogens is 430 g/mol. The van der Waals surface area contributed by atoms with Crippen molar-refractivity contribution in [2.45, 2.75) is 0 Å². The third-order valence-electron chi connectivity index (χ3n) is 7.49. The predicted molar refractivity (Wildman–Crippen MR) is 141 cm³/mol. The summed E-state index contributed by atoms with van der Waals surface area (Å²) in [6.07, 6.45) is 0. The molecule has 6 aromatic carbocycles. The maximum Gasteiger partial charge on any atom is 0.195 e. The van der Waals surface area contributed by atoms with Crippen LogP contribution < -0.4 is 5.43 Å². The highest BCUT2D eigenvalue weighted by molar-refractivity contribution is 6.36. The zero-order valence-corrected chi connectivity index (χ0v) is 18.3. The molecule has 0 aliphatic heterocycles. The topological polar surface area (TPSA) is 69.1 Å². The second kappa shape index (κ2) is 6.03. The minimum Gasteiger partial charge on any atom is -0.308 e. The molecule has 0 spiro atoms. The van der Waals surface area contributed by atoms with E-state index in [0.717, 1.165) is 65.0 Å². The van der Waals surface area contributed by atoms with Crippen LogP contribution in [0.5, 0.6) is 0 Å². The van der Waals surface area contributed by atoms with Crippen molar-refractivity contribution < 1.29 is 0 Å². The Morgan fingerprint density at radius 1 is 0.571 bits per heavy atom. The molecule has 0 atom stereocenters. The van der Waals surface area contributed by atoms with Crippen LogP contribution >= 0.6 is 0 Å². The van der Waals surface area contributed by atoms with Gasteiger partial charge in [-0.1, -0.05) is 48.5 Å². The first-order valence-corrected chi connectivity index (χ1v) is 11.4. The van der Waals surface area contributed by atoms with Crippen LogP contribution in [-0.4, -0.2) is 4.40 Å². The van der Waals surface area contributed by atoms with Crippen LogP contribution in [0.25, 0.3) is 70.4 Å². The van der Waals surface area contributed by atoms with Crippen molar-refractivity contribution in [2.24, 2.45) is 0 Å². The molecule has 8 rings (SSSR count). The van der Waals surface area contributed by atoms with Crippen LogP contribution in [0, 0.1) is 22.7 Å². The first-order valence-electron chi connectivity index (χ1n) is 11.4. The second-order valence-corrected chi connectivity index (χ2v) is 9.13. The summed E-state index contributed by atoms with van der Waals surface area (Å²) in [5.74, 6) is 0. The second-order valence-electron chi connectivity index (χ2n) is 9.13. The van der Waals surface area contributed by atoms with Gasteiger partial charge in [-0.15, -0.1) is 0 Å². The fourth-order valence-corrected chi connectivity index (χ4v) is 6.09. The van der Waals surface area contributed by atoms with Gasteiger partial charge in [-0.25, -0.2) is 0 Å². The van der Waals surface area contributed by atoms with Crippen molar-refractivity contribution in [1.29, 1.82) is 10.5 Å². The Morgan fingerprint density at radius 3 is 1.94 bits per heavy atom. The van der Waals surface area contributed by atoms with E-state index in [-0.39, 0.29) is 5.43 Å². The lowest BCUT2D eigenvalue weighted by Gasteiger charge is -2.10. The zero-order chi connectivity index (χ0) is 23.4. The largest absolute Gasteiger partial charge is 0.308 e. The van der Waals surface area contributed by atoms with E-state index < -0.39 is 0 Å². The molecule has 0 amide bonds. The van der Waals surface area contributed by atoms with Gasteiger partial charge in [0, 0.05) is 37.7 Å². The third-order valence-corrected chi connectivity index (χ3v) is 7.49. The molecule has 4 heteroatoms. The van der Waals surface area contributed by atoms with E-state index in [1.54, 1.807) is 6.07 Å². The molecule has 0 bridgehead atoms. The number of hydrogen-bond acceptors (Lipinski definition) is 3. The highest BCUT2D eigenvalue weighted by atomic mass is 16.1. The van der Waals surface area contributed by atoms with Crippen molar-refractivity contribution >= 4 is 70.4 Å². The lowest BCUT2D eigenvalue weighted by atomic mass is 9.91. The highest BCUT2D eigenvalue weighted by Crippen LogP contribution is 2.44. The molecule has 0 radical (unpaired) electrons. The van der Waals surface area contributed by atoms with Crippen LogP contribution in [0.1, 0.15) is 11.1 Å². The molecule has 2 heterocycles. The Labute approximate surface area is 197 Å². The number of hydrogen-bond donors (Lipinski definition) is 0. The molecule has 2 aromatic heterocycles. The van der Waals surface area contributed by atoms with Crippen molar-refractivity contribution in [1.82, 2.24) is 4.40 Å². The van der Waals surface area contributed by atoms with Gasteiger partial charge in [0.05, 0.1) is 39.8 Å². The molecule has 0 aliphatic carbocycles. The minimum atomic E-state index is 0.0212. The Bertz CT molecular complexity index is 2360. The number of fused-ring (bicyclic) bond motifs is 9. The summed E-state index contributed by atoms with van der Waals surface area (Å²) in [6.45, 7) is 0. The van der Waals surface area contributed by atoms with E-state index in [1.807, 2.05) is 60.7 Å². The van der Waals surface area contributed by atoms with Gasteiger partial charge >= 0.3 is 0 Å². The Hall–Kier alpha value is -5.19. The summed E-state index contributed by atoms with van der Waals surface area (Å²) in [5, 5.41) is 28.5. The van der Waals surface area contributed by atoms with Gasteiger partial charge in [-0.2, -0.15) is 10.5 Å². The standard InChI is InChI=1S/C31H13N3O/c32-14-16-7-9-19-24-13-23-20-5-1-3-18-4-2-6-22(27(18)20)31(35)29(23)28-21-10-8-17(15-33)12-26(21)34(30(24)28)25(19)11-16/h1-13H. The summed E-state index contributed by atoms with van der Waals surface area (Å²) in [7, 11) is 0. The molecule has 35 heavy (non-hydrogen) atoms. The fourth-order valence-electron chi connectivity index (χ4n) is 6.09. The quantitative estimate of drug-likeness (QED) is 0.190. The van der Waals surface area contributed by atoms with Gasteiger partial charge < -0.3 is 4.40 Å². The van der Waals surface area contributed by atoms with Gasteiger partial charge in [0.2, 0.25) is 0 Å². The monoisotopic (exact) mass is 443 g/mol. The van der Waals surface area contributed by atoms with E-state index in [9.17, 15) is 15.3 Å². The van der Waals surface area contributed by atoms with Crippen molar-refractivity contribution in [3.63, 3.8) is 0 Å². The molecular formula is C31H13N3O. The van der Waals surface area contributed by atoms with E-state index in [0.29, 0.717) is 16.5 Å². The smallest absolute Gasteiger partial charge is 0.195 e. The predicted octanol–water partition coefficient (Wildman–Crippen LogP) is 6.84. The van der Waals surface area contributed by atoms with Gasteiger partial charge in [-0.05, 0) is 46.5 Å². The average Bonchev–Trinajstić information content (AvgIpc) is 3.41. The lowest BCUT2D eigenvalue weighted by molar-refractivity contribution is 1.36. The van der Waals surface area contributed by atoms with Crippen molar-refractivity contribution in [3.8, 4) is 12.1 Å². The van der Waals surface area contributed by atoms with Crippen molar-refractivity contribution in [2.75, 3.05) is 0 Å². The van der Waals surface area contributed by atoms with E-state index in [4.69, 9.17) is 0 Å². The van der Waals surface area contributed by atoms with Crippen LogP contribution in [0.15, 0.2) is 83.7 Å². The molecule has 158 valence electrons. The molecule has 0 N–H and O–H groups in total. The minimum absolute atomic E-state index is 0.0212.